The fraction of sp³-hybridized carbons (Fsp3) is 0.353. The number of hydrogen-bond acceptors (Lipinski definition) is 6. The topological polar surface area (TPSA) is 88.8 Å². The first kappa shape index (κ1) is 18.8. The normalized spacial score (nSPS) is 18.9. The maximum absolute atomic E-state index is 12.9. The van der Waals surface area contributed by atoms with Crippen LogP contribution in [0, 0.1) is 0 Å². The van der Waals surface area contributed by atoms with E-state index in [0.717, 1.165) is 5.76 Å². The zero-order chi connectivity index (χ0) is 18.6. The van der Waals surface area contributed by atoms with E-state index in [2.05, 4.69) is 10.1 Å². The summed E-state index contributed by atoms with van der Waals surface area (Å²) in [4.78, 5) is 11.4. The van der Waals surface area contributed by atoms with Crippen LogP contribution in [0.2, 0.25) is 0 Å². The molecule has 1 amide bonds. The van der Waals surface area contributed by atoms with Crippen molar-refractivity contribution < 1.29 is 22.4 Å². The summed E-state index contributed by atoms with van der Waals surface area (Å²) in [6.45, 7) is 0.884. The van der Waals surface area contributed by atoms with Crippen molar-refractivity contribution in [3.05, 3.63) is 48.4 Å². The van der Waals surface area contributed by atoms with E-state index in [1.54, 1.807) is 30.2 Å². The standard InChI is InChI=1S/C17H20N2O5S2/c1-23-17(20)18-13-4-6-14(7-5-13)26(21,22)19-9-8-16(25-12-10-19)15-3-2-11-24-15/h2-7,11,16H,8-10,12H2,1H3,(H,18,20)/t16-/m0/s1. The van der Waals surface area contributed by atoms with Crippen molar-refractivity contribution in [1.29, 1.82) is 0 Å². The lowest BCUT2D eigenvalue weighted by Gasteiger charge is -2.20. The summed E-state index contributed by atoms with van der Waals surface area (Å²) in [6.07, 6.45) is 1.73. The van der Waals surface area contributed by atoms with Gasteiger partial charge in [0.25, 0.3) is 0 Å². The number of nitrogens with zero attached hydrogens (tertiary/aromatic N) is 1. The average molecular weight is 396 g/mol. The molecule has 1 saturated heterocycles. The lowest BCUT2D eigenvalue weighted by Crippen LogP contribution is -2.33. The molecular weight excluding hydrogens is 376 g/mol. The van der Waals surface area contributed by atoms with Crippen LogP contribution in [0.25, 0.3) is 0 Å². The molecule has 0 saturated carbocycles. The second-order valence-corrected chi connectivity index (χ2v) is 8.96. The van der Waals surface area contributed by atoms with Gasteiger partial charge in [0.1, 0.15) is 5.76 Å². The third-order valence-electron chi connectivity index (χ3n) is 4.08. The van der Waals surface area contributed by atoms with E-state index in [4.69, 9.17) is 4.42 Å². The molecule has 140 valence electrons. The molecule has 0 bridgehead atoms. The molecule has 1 fully saturated rings. The van der Waals surface area contributed by atoms with Gasteiger partial charge in [0.2, 0.25) is 10.0 Å². The minimum absolute atomic E-state index is 0.164. The number of sulfonamides is 1. The number of thioether (sulfide) groups is 1. The number of carbonyl (C=O) groups is 1. The zero-order valence-corrected chi connectivity index (χ0v) is 15.9. The number of carbonyl (C=O) groups excluding carboxylic acids is 1. The van der Waals surface area contributed by atoms with Gasteiger partial charge in [-0.05, 0) is 42.8 Å². The minimum atomic E-state index is -3.58. The Morgan fingerprint density at radius 2 is 2.04 bits per heavy atom. The highest BCUT2D eigenvalue weighted by Gasteiger charge is 2.29. The quantitative estimate of drug-likeness (QED) is 0.853. The Kier molecular flexibility index (Phi) is 5.90. The predicted octanol–water partition coefficient (Wildman–Crippen LogP) is 3.33. The monoisotopic (exact) mass is 396 g/mol. The van der Waals surface area contributed by atoms with Crippen molar-refractivity contribution in [3.63, 3.8) is 0 Å². The lowest BCUT2D eigenvalue weighted by molar-refractivity contribution is 0.187. The van der Waals surface area contributed by atoms with E-state index in [1.165, 1.54) is 23.5 Å². The van der Waals surface area contributed by atoms with Crippen LogP contribution < -0.4 is 5.32 Å². The Hall–Kier alpha value is -1.97. The van der Waals surface area contributed by atoms with Crippen LogP contribution in [0.3, 0.4) is 0 Å². The Labute approximate surface area is 156 Å². The van der Waals surface area contributed by atoms with Gasteiger partial charge in [0, 0.05) is 24.5 Å². The third kappa shape index (κ3) is 4.22. The number of nitrogens with one attached hydrogen (secondary N) is 1. The van der Waals surface area contributed by atoms with Gasteiger partial charge in [-0.3, -0.25) is 5.32 Å². The van der Waals surface area contributed by atoms with Gasteiger partial charge in [-0.1, -0.05) is 0 Å². The van der Waals surface area contributed by atoms with Gasteiger partial charge in [-0.2, -0.15) is 4.31 Å². The summed E-state index contributed by atoms with van der Waals surface area (Å²) in [6, 6.07) is 9.84. The van der Waals surface area contributed by atoms with Gasteiger partial charge >= 0.3 is 6.09 Å². The molecule has 26 heavy (non-hydrogen) atoms. The molecule has 1 aliphatic rings. The van der Waals surface area contributed by atoms with Gasteiger partial charge in [-0.25, -0.2) is 13.2 Å². The first-order chi connectivity index (χ1) is 12.5. The molecule has 3 rings (SSSR count). The van der Waals surface area contributed by atoms with Gasteiger partial charge in [0.15, 0.2) is 0 Å². The molecule has 1 N–H and O–H groups in total. The maximum Gasteiger partial charge on any atom is 0.411 e. The zero-order valence-electron chi connectivity index (χ0n) is 14.3. The molecule has 1 aliphatic heterocycles. The number of furan rings is 1. The van der Waals surface area contributed by atoms with E-state index >= 15 is 0 Å². The number of ether oxygens (including phenoxy) is 1. The van der Waals surface area contributed by atoms with Crippen LogP contribution in [0.1, 0.15) is 17.4 Å². The van der Waals surface area contributed by atoms with Gasteiger partial charge in [0.05, 0.1) is 23.5 Å². The molecule has 2 aromatic rings. The molecule has 0 aliphatic carbocycles. The summed E-state index contributed by atoms with van der Waals surface area (Å²) in [5.41, 5.74) is 0.472. The van der Waals surface area contributed by atoms with Crippen LogP contribution in [-0.4, -0.2) is 44.8 Å². The average Bonchev–Trinajstić information content (AvgIpc) is 3.06. The van der Waals surface area contributed by atoms with E-state index in [1.807, 2.05) is 12.1 Å². The van der Waals surface area contributed by atoms with Crippen molar-refractivity contribution in [3.8, 4) is 0 Å². The second-order valence-electron chi connectivity index (χ2n) is 5.71. The Balaban J connectivity index is 1.70. The fourth-order valence-electron chi connectivity index (χ4n) is 2.72. The summed E-state index contributed by atoms with van der Waals surface area (Å²) < 4.78 is 37.3. The molecule has 1 aromatic heterocycles. The van der Waals surface area contributed by atoms with Gasteiger partial charge in [-0.15, -0.1) is 11.8 Å². The van der Waals surface area contributed by atoms with Crippen LogP contribution in [0.4, 0.5) is 10.5 Å². The largest absolute Gasteiger partial charge is 0.468 e. The van der Waals surface area contributed by atoms with Crippen LogP contribution in [-0.2, 0) is 14.8 Å². The van der Waals surface area contributed by atoms with Crippen molar-refractivity contribution in [2.45, 2.75) is 16.6 Å². The Morgan fingerprint density at radius 1 is 1.27 bits per heavy atom. The van der Waals surface area contributed by atoms with Crippen LogP contribution in [0.5, 0.6) is 0 Å². The molecule has 2 heterocycles. The first-order valence-corrected chi connectivity index (χ1v) is 10.6. The maximum atomic E-state index is 12.9. The highest BCUT2D eigenvalue weighted by atomic mass is 32.2. The lowest BCUT2D eigenvalue weighted by atomic mass is 10.2. The predicted molar refractivity (Wildman–Crippen MR) is 99.8 cm³/mol. The third-order valence-corrected chi connectivity index (χ3v) is 7.29. The van der Waals surface area contributed by atoms with Crippen molar-refractivity contribution in [2.24, 2.45) is 0 Å². The van der Waals surface area contributed by atoms with E-state index in [0.29, 0.717) is 31.0 Å². The summed E-state index contributed by atoms with van der Waals surface area (Å²) in [5, 5.41) is 2.66. The Morgan fingerprint density at radius 3 is 2.69 bits per heavy atom. The number of methoxy groups -OCH3 is 1. The van der Waals surface area contributed by atoms with Crippen LogP contribution in [0.15, 0.2) is 52.0 Å². The van der Waals surface area contributed by atoms with E-state index in [-0.39, 0.29) is 10.1 Å². The number of amides is 1. The summed E-state index contributed by atoms with van der Waals surface area (Å²) in [5.74, 6) is 1.58. The summed E-state index contributed by atoms with van der Waals surface area (Å²) >= 11 is 1.71. The number of rotatable bonds is 4. The molecule has 1 atom stereocenters. The van der Waals surface area contributed by atoms with E-state index < -0.39 is 16.1 Å². The SMILES string of the molecule is COC(=O)Nc1ccc(S(=O)(=O)N2CCS[C@H](c3ccco3)CC2)cc1. The number of benzene rings is 1. The van der Waals surface area contributed by atoms with Crippen molar-refractivity contribution in [2.75, 3.05) is 31.3 Å². The Bertz CT molecular complexity index is 835. The molecule has 1 aromatic carbocycles. The second kappa shape index (κ2) is 8.15. The molecule has 7 nitrogen and oxygen atoms in total. The highest BCUT2D eigenvalue weighted by molar-refractivity contribution is 7.99. The molecule has 0 spiro atoms. The molecule has 0 unspecified atom stereocenters. The van der Waals surface area contributed by atoms with Crippen molar-refractivity contribution in [1.82, 2.24) is 4.31 Å². The molecular formula is C17H20N2O5S2. The van der Waals surface area contributed by atoms with Crippen molar-refractivity contribution >= 4 is 33.6 Å². The number of anilines is 1. The van der Waals surface area contributed by atoms with E-state index in [9.17, 15) is 13.2 Å². The minimum Gasteiger partial charge on any atom is -0.468 e. The smallest absolute Gasteiger partial charge is 0.411 e. The summed E-state index contributed by atoms with van der Waals surface area (Å²) in [7, 11) is -2.32. The first-order valence-electron chi connectivity index (χ1n) is 8.11. The highest BCUT2D eigenvalue weighted by Crippen LogP contribution is 2.35. The van der Waals surface area contributed by atoms with Gasteiger partial charge < -0.3 is 9.15 Å². The number of hydrogen-bond donors (Lipinski definition) is 1. The van der Waals surface area contributed by atoms with Crippen LogP contribution >= 0.6 is 11.8 Å². The molecule has 0 radical (unpaired) electrons. The fourth-order valence-corrected chi connectivity index (χ4v) is 5.47. The molecule has 9 heteroatoms.